The Morgan fingerprint density at radius 2 is 2.17 bits per heavy atom. The van der Waals surface area contributed by atoms with E-state index in [2.05, 4.69) is 22.1 Å². The van der Waals surface area contributed by atoms with Crippen molar-refractivity contribution in [1.82, 2.24) is 9.97 Å². The Kier molecular flexibility index (Phi) is 6.32. The summed E-state index contributed by atoms with van der Waals surface area (Å²) in [5, 5.41) is 28.9. The summed E-state index contributed by atoms with van der Waals surface area (Å²) in [4.78, 5) is 22.8. The Balaban J connectivity index is 2.13. The number of thioether (sulfide) groups is 1. The van der Waals surface area contributed by atoms with Gasteiger partial charge >= 0.3 is 0 Å². The molecule has 8 nitrogen and oxygen atoms in total. The maximum atomic E-state index is 12.1. The predicted molar refractivity (Wildman–Crippen MR) is 108 cm³/mol. The van der Waals surface area contributed by atoms with E-state index in [0.717, 1.165) is 11.8 Å². The normalized spacial score (nSPS) is 16.8. The van der Waals surface area contributed by atoms with E-state index >= 15 is 0 Å². The maximum absolute atomic E-state index is 12.1. The van der Waals surface area contributed by atoms with Gasteiger partial charge in [0.2, 0.25) is 5.91 Å². The lowest BCUT2D eigenvalue weighted by atomic mass is 10.0. The predicted octanol–water partition coefficient (Wildman–Crippen LogP) is 1.67. The van der Waals surface area contributed by atoms with Crippen LogP contribution in [0.25, 0.3) is 0 Å². The molecule has 1 aliphatic rings. The first-order chi connectivity index (χ1) is 14.0. The third-order valence-corrected chi connectivity index (χ3v) is 5.96. The van der Waals surface area contributed by atoms with Gasteiger partial charge in [0.25, 0.3) is 0 Å². The molecular weight excluding hydrogens is 388 g/mol. The number of nitrogens with zero attached hydrogens (tertiary/aromatic N) is 5. The van der Waals surface area contributed by atoms with Gasteiger partial charge in [-0.2, -0.15) is 10.5 Å². The highest BCUT2D eigenvalue weighted by molar-refractivity contribution is 8.00. The van der Waals surface area contributed by atoms with Crippen LogP contribution in [0.3, 0.4) is 0 Å². The molecule has 0 bridgehead atoms. The van der Waals surface area contributed by atoms with Gasteiger partial charge in [0, 0.05) is 19.3 Å². The maximum Gasteiger partial charge on any atom is 0.237 e. The quantitative estimate of drug-likeness (QED) is 0.688. The molecule has 2 aromatic heterocycles. The fraction of sp³-hybridized carbons (Fsp3) is 0.350. The summed E-state index contributed by atoms with van der Waals surface area (Å²) >= 11 is 1.05. The Morgan fingerprint density at radius 3 is 2.69 bits per heavy atom. The average Bonchev–Trinajstić information content (AvgIpc) is 3.17. The van der Waals surface area contributed by atoms with E-state index in [9.17, 15) is 20.4 Å². The monoisotopic (exact) mass is 408 g/mol. The molecule has 2 aromatic rings. The number of nitriles is 2. The second-order valence-corrected chi connectivity index (χ2v) is 7.68. The van der Waals surface area contributed by atoms with Gasteiger partial charge in [-0.25, -0.2) is 4.98 Å². The highest BCUT2D eigenvalue weighted by Crippen LogP contribution is 2.39. The summed E-state index contributed by atoms with van der Waals surface area (Å²) in [5.74, 6) is -0.174. The number of amides is 1. The summed E-state index contributed by atoms with van der Waals surface area (Å²) in [6.45, 7) is 2.78. The van der Waals surface area contributed by atoms with Gasteiger partial charge in [-0.1, -0.05) is 24.8 Å². The molecule has 0 radical (unpaired) electrons. The third kappa shape index (κ3) is 4.16. The van der Waals surface area contributed by atoms with Crippen LogP contribution in [-0.2, 0) is 11.2 Å². The van der Waals surface area contributed by atoms with Crippen molar-refractivity contribution < 1.29 is 9.90 Å². The van der Waals surface area contributed by atoms with Crippen molar-refractivity contribution in [2.24, 2.45) is 5.73 Å². The van der Waals surface area contributed by atoms with Gasteiger partial charge in [0.05, 0.1) is 22.9 Å². The first kappa shape index (κ1) is 20.6. The molecule has 3 N–H and O–H groups in total. The lowest BCUT2D eigenvalue weighted by molar-refractivity contribution is -0.117. The zero-order chi connectivity index (χ0) is 21.0. The van der Waals surface area contributed by atoms with E-state index in [-0.39, 0.29) is 5.56 Å². The highest BCUT2D eigenvalue weighted by atomic mass is 32.2. The number of carbonyl (C=O) groups is 1. The fourth-order valence-electron chi connectivity index (χ4n) is 3.34. The summed E-state index contributed by atoms with van der Waals surface area (Å²) in [7, 11) is 0. The van der Waals surface area contributed by atoms with E-state index < -0.39 is 17.3 Å². The number of hydrogen-bond donors (Lipinski definition) is 2. The number of rotatable bonds is 6. The molecule has 9 heteroatoms. The minimum absolute atomic E-state index is 0.264. The number of carbonyl (C=O) groups excluding carboxylic acids is 1. The van der Waals surface area contributed by atoms with E-state index in [1.807, 2.05) is 11.8 Å². The lowest BCUT2D eigenvalue weighted by Gasteiger charge is -2.22. The summed E-state index contributed by atoms with van der Waals surface area (Å²) in [6, 6.07) is 9.48. The molecule has 0 aliphatic carbocycles. The van der Waals surface area contributed by atoms with Crippen LogP contribution in [0.2, 0.25) is 0 Å². The van der Waals surface area contributed by atoms with Crippen molar-refractivity contribution in [3.05, 3.63) is 46.8 Å². The number of hydrogen-bond acceptors (Lipinski definition) is 8. The van der Waals surface area contributed by atoms with Crippen LogP contribution >= 0.6 is 11.8 Å². The lowest BCUT2D eigenvalue weighted by Crippen LogP contribution is -2.25. The van der Waals surface area contributed by atoms with Crippen molar-refractivity contribution in [1.29, 1.82) is 10.5 Å². The molecule has 0 saturated carbocycles. The SMILES string of the molecule is CCc1c(C#N)c(SC(C(N)=O)c2ccccn2)nc(N2CC[C@H](O)C2)c1C#N. The molecule has 3 rings (SSSR count). The second-order valence-electron chi connectivity index (χ2n) is 6.59. The molecule has 2 atom stereocenters. The minimum atomic E-state index is -0.828. The number of anilines is 1. The molecular formula is C20H20N6O2S. The van der Waals surface area contributed by atoms with Crippen LogP contribution in [0.15, 0.2) is 29.4 Å². The Bertz CT molecular complexity index is 999. The van der Waals surface area contributed by atoms with E-state index in [1.54, 1.807) is 24.4 Å². The molecule has 1 amide bonds. The van der Waals surface area contributed by atoms with Gasteiger partial charge in [-0.15, -0.1) is 0 Å². The van der Waals surface area contributed by atoms with Crippen LogP contribution in [0.1, 0.15) is 41.0 Å². The number of nitrogens with two attached hydrogens (primary N) is 1. The number of β-amino-alcohol motifs (C(OH)–C–C–N with tert-alkyl or cyclic N) is 1. The zero-order valence-corrected chi connectivity index (χ0v) is 16.7. The molecule has 0 aromatic carbocycles. The fourth-order valence-corrected chi connectivity index (χ4v) is 4.36. The molecule has 29 heavy (non-hydrogen) atoms. The van der Waals surface area contributed by atoms with Gasteiger partial charge < -0.3 is 15.7 Å². The second kappa shape index (κ2) is 8.91. The molecule has 3 heterocycles. The van der Waals surface area contributed by atoms with Crippen LogP contribution in [0.5, 0.6) is 0 Å². The largest absolute Gasteiger partial charge is 0.391 e. The molecule has 1 fully saturated rings. The van der Waals surface area contributed by atoms with Gasteiger partial charge in [0.1, 0.15) is 28.2 Å². The number of aromatic nitrogens is 2. The van der Waals surface area contributed by atoms with Crippen LogP contribution < -0.4 is 10.6 Å². The highest BCUT2D eigenvalue weighted by Gasteiger charge is 2.30. The smallest absolute Gasteiger partial charge is 0.237 e. The molecule has 0 spiro atoms. The van der Waals surface area contributed by atoms with Crippen molar-refractivity contribution in [2.75, 3.05) is 18.0 Å². The third-order valence-electron chi connectivity index (χ3n) is 4.73. The first-order valence-electron chi connectivity index (χ1n) is 9.17. The molecule has 1 aliphatic heterocycles. The standard InChI is InChI=1S/C20H20N6O2S/c1-2-13-14(9-21)19(26-8-6-12(27)11-26)25-20(15(13)10-22)29-17(18(23)28)16-5-3-4-7-24-16/h3-5,7,12,17,27H,2,6,8,11H2,1H3,(H2,23,28)/t12-,17?/m0/s1. The molecule has 148 valence electrons. The first-order valence-corrected chi connectivity index (χ1v) is 10.0. The summed E-state index contributed by atoms with van der Waals surface area (Å²) in [5.41, 5.74) is 7.25. The van der Waals surface area contributed by atoms with E-state index in [4.69, 9.17) is 5.73 Å². The van der Waals surface area contributed by atoms with Crippen LogP contribution in [0.4, 0.5) is 5.82 Å². The van der Waals surface area contributed by atoms with Crippen molar-refractivity contribution in [2.45, 2.75) is 36.1 Å². The number of aliphatic hydroxyl groups excluding tert-OH is 1. The molecule has 1 saturated heterocycles. The molecule has 1 unspecified atom stereocenters. The van der Waals surface area contributed by atoms with Crippen LogP contribution in [-0.4, -0.2) is 40.2 Å². The van der Waals surface area contributed by atoms with Crippen LogP contribution in [0, 0.1) is 22.7 Å². The average molecular weight is 408 g/mol. The van der Waals surface area contributed by atoms with Gasteiger partial charge in [-0.3, -0.25) is 9.78 Å². The van der Waals surface area contributed by atoms with Gasteiger partial charge in [-0.05, 0) is 30.5 Å². The summed E-state index contributed by atoms with van der Waals surface area (Å²) < 4.78 is 0. The summed E-state index contributed by atoms with van der Waals surface area (Å²) in [6.07, 6.45) is 2.11. The Hall–Kier alpha value is -3.14. The Labute approximate surface area is 173 Å². The topological polar surface area (TPSA) is 140 Å². The van der Waals surface area contributed by atoms with Crippen molar-refractivity contribution in [3.8, 4) is 12.1 Å². The van der Waals surface area contributed by atoms with Crippen molar-refractivity contribution in [3.63, 3.8) is 0 Å². The van der Waals surface area contributed by atoms with Crippen molar-refractivity contribution >= 4 is 23.5 Å². The van der Waals surface area contributed by atoms with E-state index in [1.165, 1.54) is 0 Å². The zero-order valence-electron chi connectivity index (χ0n) is 15.9. The van der Waals surface area contributed by atoms with Gasteiger partial charge in [0.15, 0.2) is 0 Å². The van der Waals surface area contributed by atoms with E-state index in [0.29, 0.717) is 53.6 Å². The number of primary amides is 1. The number of pyridine rings is 2. The minimum Gasteiger partial charge on any atom is -0.391 e. The Morgan fingerprint density at radius 1 is 1.41 bits per heavy atom. The number of aliphatic hydroxyl groups is 1.